The Labute approximate surface area is 170 Å². The van der Waals surface area contributed by atoms with Gasteiger partial charge in [-0.05, 0) is 37.1 Å². The second-order valence-electron chi connectivity index (χ2n) is 6.65. The van der Waals surface area contributed by atoms with Gasteiger partial charge in [0.15, 0.2) is 30.5 Å². The number of carbonyl (C=O) groups is 1. The summed E-state index contributed by atoms with van der Waals surface area (Å²) in [6.07, 6.45) is -2.21. The van der Waals surface area contributed by atoms with E-state index in [-0.39, 0.29) is 36.4 Å². The van der Waals surface area contributed by atoms with Crippen LogP contribution in [0.5, 0.6) is 17.4 Å². The topological polar surface area (TPSA) is 60.9 Å². The first kappa shape index (κ1) is 21.7. The molecule has 1 saturated heterocycles. The highest BCUT2D eigenvalue weighted by Gasteiger charge is 2.29. The fraction of sp³-hybridized carbons (Fsp3) is 0.400. The minimum atomic E-state index is -4.49. The van der Waals surface area contributed by atoms with Crippen LogP contribution in [0.15, 0.2) is 42.6 Å². The number of carbonyl (C=O) groups excluding carboxylic acids is 1. The summed E-state index contributed by atoms with van der Waals surface area (Å²) in [5, 5.41) is 0. The molecule has 1 aliphatic rings. The number of aromatic nitrogens is 1. The predicted molar refractivity (Wildman–Crippen MR) is 97.9 cm³/mol. The molecule has 0 bridgehead atoms. The van der Waals surface area contributed by atoms with E-state index in [4.69, 9.17) is 14.2 Å². The van der Waals surface area contributed by atoms with Crippen molar-refractivity contribution in [3.8, 4) is 17.4 Å². The first-order chi connectivity index (χ1) is 14.3. The number of likely N-dealkylation sites (tertiary alicyclic amines) is 1. The molecule has 1 aliphatic heterocycles. The number of rotatable bonds is 7. The second-order valence-corrected chi connectivity index (χ2v) is 6.65. The normalized spacial score (nSPS) is 16.8. The molecular formula is C20H20F4N2O4. The van der Waals surface area contributed by atoms with E-state index in [1.165, 1.54) is 41.4 Å². The van der Waals surface area contributed by atoms with Crippen molar-refractivity contribution >= 4 is 5.91 Å². The number of piperidine rings is 1. The maximum Gasteiger partial charge on any atom is 0.422 e. The third-order valence-corrected chi connectivity index (χ3v) is 4.33. The molecule has 6 nitrogen and oxygen atoms in total. The lowest BCUT2D eigenvalue weighted by Crippen LogP contribution is -2.46. The van der Waals surface area contributed by atoms with Crippen molar-refractivity contribution in [1.29, 1.82) is 0 Å². The van der Waals surface area contributed by atoms with Crippen LogP contribution in [0.4, 0.5) is 17.6 Å². The van der Waals surface area contributed by atoms with Gasteiger partial charge in [-0.3, -0.25) is 4.79 Å². The standard InChI is InChI=1S/C20H20F4N2O4/c21-15-6-3-9-25-19(15)30-14-5-4-10-26(11-14)18(27)12-28-16-7-1-2-8-17(16)29-13-20(22,23)24/h1-3,6-9,14H,4-5,10-13H2/t14-/m1/s1. The second kappa shape index (κ2) is 9.64. The predicted octanol–water partition coefficient (Wildman–Crippen LogP) is 3.61. The molecule has 2 aromatic rings. The lowest BCUT2D eigenvalue weighted by Gasteiger charge is -2.32. The average Bonchev–Trinajstić information content (AvgIpc) is 2.72. The number of hydrogen-bond acceptors (Lipinski definition) is 5. The highest BCUT2D eigenvalue weighted by Crippen LogP contribution is 2.28. The average molecular weight is 428 g/mol. The third-order valence-electron chi connectivity index (χ3n) is 4.33. The smallest absolute Gasteiger partial charge is 0.422 e. The SMILES string of the molecule is O=C(COc1ccccc1OCC(F)(F)F)N1CCC[C@@H](Oc2ncccc2F)C1. The van der Waals surface area contributed by atoms with E-state index in [0.717, 1.165) is 0 Å². The number of nitrogens with zero attached hydrogens (tertiary/aromatic N) is 2. The number of para-hydroxylation sites is 2. The van der Waals surface area contributed by atoms with Gasteiger partial charge in [0.2, 0.25) is 0 Å². The van der Waals surface area contributed by atoms with E-state index in [1.54, 1.807) is 6.07 Å². The maximum atomic E-state index is 13.7. The van der Waals surface area contributed by atoms with Crippen LogP contribution in [0.1, 0.15) is 12.8 Å². The largest absolute Gasteiger partial charge is 0.480 e. The van der Waals surface area contributed by atoms with Crippen molar-refractivity contribution < 1.29 is 36.6 Å². The lowest BCUT2D eigenvalue weighted by molar-refractivity contribution is -0.153. The zero-order valence-electron chi connectivity index (χ0n) is 15.9. The Morgan fingerprint density at radius 3 is 2.57 bits per heavy atom. The number of amides is 1. The van der Waals surface area contributed by atoms with Crippen LogP contribution in [0, 0.1) is 5.82 Å². The molecule has 0 spiro atoms. The fourth-order valence-corrected chi connectivity index (χ4v) is 2.96. The van der Waals surface area contributed by atoms with Crippen LogP contribution in [-0.4, -0.2) is 54.4 Å². The highest BCUT2D eigenvalue weighted by atomic mass is 19.4. The van der Waals surface area contributed by atoms with E-state index in [0.29, 0.717) is 19.4 Å². The molecule has 0 N–H and O–H groups in total. The molecule has 1 aromatic carbocycles. The summed E-state index contributed by atoms with van der Waals surface area (Å²) in [7, 11) is 0. The molecule has 0 saturated carbocycles. The van der Waals surface area contributed by atoms with Crippen LogP contribution in [-0.2, 0) is 4.79 Å². The van der Waals surface area contributed by atoms with Gasteiger partial charge in [0, 0.05) is 12.7 Å². The Kier molecular flexibility index (Phi) is 6.96. The van der Waals surface area contributed by atoms with Gasteiger partial charge in [-0.25, -0.2) is 9.37 Å². The molecule has 1 atom stereocenters. The van der Waals surface area contributed by atoms with Gasteiger partial charge in [0.25, 0.3) is 11.8 Å². The zero-order valence-corrected chi connectivity index (χ0v) is 15.9. The van der Waals surface area contributed by atoms with Gasteiger partial charge in [0.1, 0.15) is 6.10 Å². The molecule has 30 heavy (non-hydrogen) atoms. The fourth-order valence-electron chi connectivity index (χ4n) is 2.96. The Morgan fingerprint density at radius 1 is 1.13 bits per heavy atom. The molecular weight excluding hydrogens is 408 g/mol. The van der Waals surface area contributed by atoms with Gasteiger partial charge in [-0.1, -0.05) is 12.1 Å². The summed E-state index contributed by atoms with van der Waals surface area (Å²) < 4.78 is 66.6. The number of ether oxygens (including phenoxy) is 3. The molecule has 10 heteroatoms. The van der Waals surface area contributed by atoms with E-state index >= 15 is 0 Å². The number of halogens is 4. The Bertz CT molecular complexity index is 863. The Hall–Kier alpha value is -3.04. The van der Waals surface area contributed by atoms with Crippen molar-refractivity contribution in [2.24, 2.45) is 0 Å². The van der Waals surface area contributed by atoms with Crippen LogP contribution < -0.4 is 14.2 Å². The molecule has 3 rings (SSSR count). The van der Waals surface area contributed by atoms with Gasteiger partial charge >= 0.3 is 6.18 Å². The molecule has 0 radical (unpaired) electrons. The van der Waals surface area contributed by atoms with Crippen molar-refractivity contribution in [1.82, 2.24) is 9.88 Å². The van der Waals surface area contributed by atoms with Crippen LogP contribution in [0.25, 0.3) is 0 Å². The molecule has 0 aliphatic carbocycles. The molecule has 1 amide bonds. The molecule has 2 heterocycles. The van der Waals surface area contributed by atoms with E-state index in [2.05, 4.69) is 4.98 Å². The Balaban J connectivity index is 1.54. The number of benzene rings is 1. The quantitative estimate of drug-likeness (QED) is 0.631. The minimum absolute atomic E-state index is 0.0375. The van der Waals surface area contributed by atoms with Crippen LogP contribution >= 0.6 is 0 Å². The van der Waals surface area contributed by atoms with Gasteiger partial charge in [0.05, 0.1) is 6.54 Å². The molecule has 0 unspecified atom stereocenters. The highest BCUT2D eigenvalue weighted by molar-refractivity contribution is 5.78. The van der Waals surface area contributed by atoms with Crippen molar-refractivity contribution in [3.05, 3.63) is 48.4 Å². The minimum Gasteiger partial charge on any atom is -0.480 e. The van der Waals surface area contributed by atoms with Crippen LogP contribution in [0.3, 0.4) is 0 Å². The molecule has 1 aromatic heterocycles. The van der Waals surface area contributed by atoms with Crippen molar-refractivity contribution in [2.45, 2.75) is 25.1 Å². The van der Waals surface area contributed by atoms with Crippen molar-refractivity contribution in [2.75, 3.05) is 26.3 Å². The summed E-state index contributed by atoms with van der Waals surface area (Å²) >= 11 is 0. The number of pyridine rings is 1. The summed E-state index contributed by atoms with van der Waals surface area (Å²) in [4.78, 5) is 17.9. The first-order valence-electron chi connectivity index (χ1n) is 9.28. The Morgan fingerprint density at radius 2 is 1.87 bits per heavy atom. The summed E-state index contributed by atoms with van der Waals surface area (Å²) in [6, 6.07) is 8.51. The lowest BCUT2D eigenvalue weighted by atomic mass is 10.1. The number of hydrogen-bond donors (Lipinski definition) is 0. The first-order valence-corrected chi connectivity index (χ1v) is 9.28. The van der Waals surface area contributed by atoms with Gasteiger partial charge in [-0.15, -0.1) is 0 Å². The van der Waals surface area contributed by atoms with Crippen LogP contribution in [0.2, 0.25) is 0 Å². The van der Waals surface area contributed by atoms with Gasteiger partial charge in [-0.2, -0.15) is 13.2 Å². The maximum absolute atomic E-state index is 13.7. The third kappa shape index (κ3) is 6.23. The van der Waals surface area contributed by atoms with Gasteiger partial charge < -0.3 is 19.1 Å². The summed E-state index contributed by atoms with van der Waals surface area (Å²) in [5.74, 6) is -1.14. The zero-order chi connectivity index (χ0) is 21.6. The summed E-state index contributed by atoms with van der Waals surface area (Å²) in [6.45, 7) is -1.14. The van der Waals surface area contributed by atoms with E-state index < -0.39 is 24.7 Å². The monoisotopic (exact) mass is 428 g/mol. The van der Waals surface area contributed by atoms with Crippen molar-refractivity contribution in [3.63, 3.8) is 0 Å². The van der Waals surface area contributed by atoms with E-state index in [1.807, 2.05) is 0 Å². The number of alkyl halides is 3. The summed E-state index contributed by atoms with van der Waals surface area (Å²) in [5.41, 5.74) is 0. The molecule has 162 valence electrons. The molecule has 1 fully saturated rings. The van der Waals surface area contributed by atoms with E-state index in [9.17, 15) is 22.4 Å².